The van der Waals surface area contributed by atoms with Gasteiger partial charge in [0.2, 0.25) is 0 Å². The van der Waals surface area contributed by atoms with Gasteiger partial charge in [-0.3, -0.25) is 0 Å². The van der Waals surface area contributed by atoms with E-state index in [9.17, 15) is 8.78 Å². The summed E-state index contributed by atoms with van der Waals surface area (Å²) in [5, 5.41) is 0. The van der Waals surface area contributed by atoms with E-state index < -0.39 is 0 Å². The van der Waals surface area contributed by atoms with E-state index in [2.05, 4.69) is 31.2 Å². The van der Waals surface area contributed by atoms with E-state index >= 15 is 0 Å². The Morgan fingerprint density at radius 3 is 2.50 bits per heavy atom. The molecule has 2 aromatic carbocycles. The van der Waals surface area contributed by atoms with Crippen molar-refractivity contribution < 1.29 is 8.78 Å². The van der Waals surface area contributed by atoms with Crippen molar-refractivity contribution in [2.75, 3.05) is 0 Å². The summed E-state index contributed by atoms with van der Waals surface area (Å²) >= 11 is 0. The third-order valence-electron chi connectivity index (χ3n) is 5.43. The summed E-state index contributed by atoms with van der Waals surface area (Å²) in [6.45, 7) is 4.14. The van der Waals surface area contributed by atoms with E-state index in [4.69, 9.17) is 0 Å². The zero-order valence-electron chi connectivity index (χ0n) is 15.8. The lowest BCUT2D eigenvalue weighted by molar-refractivity contribution is 0.489. The second kappa shape index (κ2) is 8.62. The number of hydrogen-bond acceptors (Lipinski definition) is 0. The minimum Gasteiger partial charge on any atom is -0.207 e. The monoisotopic (exact) mass is 354 g/mol. The quantitative estimate of drug-likeness (QED) is 0.490. The van der Waals surface area contributed by atoms with Crippen LogP contribution in [0.2, 0.25) is 0 Å². The number of unbranched alkanes of at least 4 members (excludes halogenated alkanes) is 2. The van der Waals surface area contributed by atoms with Crippen LogP contribution >= 0.6 is 0 Å². The smallest absolute Gasteiger partial charge is 0.129 e. The van der Waals surface area contributed by atoms with Crippen LogP contribution in [0.3, 0.4) is 0 Å². The van der Waals surface area contributed by atoms with Gasteiger partial charge in [0.1, 0.15) is 11.6 Å². The van der Waals surface area contributed by atoms with E-state index in [1.54, 1.807) is 12.1 Å². The number of benzene rings is 2. The number of rotatable bonds is 6. The van der Waals surface area contributed by atoms with Crippen molar-refractivity contribution in [2.24, 2.45) is 0 Å². The second-order valence-corrected chi connectivity index (χ2v) is 7.40. The fourth-order valence-corrected chi connectivity index (χ4v) is 4.07. The summed E-state index contributed by atoms with van der Waals surface area (Å²) in [5.41, 5.74) is 4.80. The Bertz CT molecular complexity index is 766. The van der Waals surface area contributed by atoms with E-state index in [0.717, 1.165) is 44.1 Å². The molecule has 1 aliphatic carbocycles. The molecule has 138 valence electrons. The Labute approximate surface area is 156 Å². The fourth-order valence-electron chi connectivity index (χ4n) is 4.07. The summed E-state index contributed by atoms with van der Waals surface area (Å²) in [7, 11) is 0. The fraction of sp³-hybridized carbons (Fsp3) is 0.417. The zero-order chi connectivity index (χ0) is 18.5. The van der Waals surface area contributed by atoms with Crippen LogP contribution in [0, 0.1) is 11.6 Å². The maximum Gasteiger partial charge on any atom is 0.129 e. The topological polar surface area (TPSA) is 0 Å². The average Bonchev–Trinajstić information content (AvgIpc) is 2.62. The van der Waals surface area contributed by atoms with Crippen LogP contribution in [-0.4, -0.2) is 0 Å². The van der Waals surface area contributed by atoms with Crippen LogP contribution in [0.25, 0.3) is 6.08 Å². The number of fused-ring (bicyclic) bond motifs is 1. The molecule has 0 N–H and O–H groups in total. The molecular weight excluding hydrogens is 326 g/mol. The van der Waals surface area contributed by atoms with E-state index in [1.165, 1.54) is 16.7 Å². The summed E-state index contributed by atoms with van der Waals surface area (Å²) in [6, 6.07) is 9.52. The normalized spacial score (nSPS) is 16.8. The lowest BCUT2D eigenvalue weighted by Gasteiger charge is -2.26. The van der Waals surface area contributed by atoms with Crippen LogP contribution in [0.5, 0.6) is 0 Å². The Morgan fingerprint density at radius 2 is 1.81 bits per heavy atom. The van der Waals surface area contributed by atoms with Gasteiger partial charge >= 0.3 is 0 Å². The first kappa shape index (κ1) is 18.8. The SMILES string of the molecule is C/C=C/c1ccc2c(c1)CCC(c1c(F)cc(CCCCC)cc1F)C2. The lowest BCUT2D eigenvalue weighted by atomic mass is 9.79. The first-order valence-electron chi connectivity index (χ1n) is 9.84. The molecule has 1 unspecified atom stereocenters. The van der Waals surface area contributed by atoms with Crippen molar-refractivity contribution in [3.63, 3.8) is 0 Å². The van der Waals surface area contributed by atoms with Crippen molar-refractivity contribution in [1.82, 2.24) is 0 Å². The van der Waals surface area contributed by atoms with Crippen molar-refractivity contribution in [1.29, 1.82) is 0 Å². The van der Waals surface area contributed by atoms with Gasteiger partial charge in [-0.25, -0.2) is 8.78 Å². The van der Waals surface area contributed by atoms with E-state index in [0.29, 0.717) is 6.42 Å². The highest BCUT2D eigenvalue weighted by Crippen LogP contribution is 2.36. The largest absolute Gasteiger partial charge is 0.207 e. The Hall–Kier alpha value is -1.96. The third-order valence-corrected chi connectivity index (χ3v) is 5.43. The predicted molar refractivity (Wildman–Crippen MR) is 106 cm³/mol. The highest BCUT2D eigenvalue weighted by Gasteiger charge is 2.26. The van der Waals surface area contributed by atoms with Gasteiger partial charge in [-0.15, -0.1) is 0 Å². The van der Waals surface area contributed by atoms with Gasteiger partial charge in [-0.1, -0.05) is 50.1 Å². The number of halogens is 2. The molecule has 0 saturated carbocycles. The van der Waals surface area contributed by atoms with Crippen LogP contribution in [0.4, 0.5) is 8.78 Å². The molecule has 1 aliphatic rings. The molecule has 0 heterocycles. The average molecular weight is 354 g/mol. The molecule has 0 amide bonds. The molecule has 0 spiro atoms. The second-order valence-electron chi connectivity index (χ2n) is 7.40. The molecule has 0 fully saturated rings. The maximum absolute atomic E-state index is 14.7. The van der Waals surface area contributed by atoms with Crippen LogP contribution < -0.4 is 0 Å². The highest BCUT2D eigenvalue weighted by molar-refractivity contribution is 5.52. The Morgan fingerprint density at radius 1 is 1.04 bits per heavy atom. The highest BCUT2D eigenvalue weighted by atomic mass is 19.1. The van der Waals surface area contributed by atoms with Gasteiger partial charge in [-0.2, -0.15) is 0 Å². The molecule has 2 heteroatoms. The van der Waals surface area contributed by atoms with Crippen LogP contribution in [0.15, 0.2) is 36.4 Å². The molecule has 0 radical (unpaired) electrons. The number of allylic oxidation sites excluding steroid dienone is 1. The van der Waals surface area contributed by atoms with E-state index in [1.807, 2.05) is 13.0 Å². The molecule has 0 aromatic heterocycles. The minimum atomic E-state index is -0.365. The Kier molecular flexibility index (Phi) is 6.24. The Balaban J connectivity index is 1.79. The van der Waals surface area contributed by atoms with Crippen molar-refractivity contribution >= 4 is 6.08 Å². The maximum atomic E-state index is 14.7. The van der Waals surface area contributed by atoms with Gasteiger partial charge in [0, 0.05) is 5.56 Å². The standard InChI is InChI=1S/C24H28F2/c1-3-5-6-8-18-14-22(25)24(23(26)15-18)21-12-11-19-13-17(7-4-2)9-10-20(19)16-21/h4,7,9-10,13-15,21H,3,5-6,8,11-12,16H2,1-2H3/b7-4+. The molecule has 2 aromatic rings. The minimum absolute atomic E-state index is 0.0697. The summed E-state index contributed by atoms with van der Waals surface area (Å²) < 4.78 is 29.4. The first-order chi connectivity index (χ1) is 12.6. The van der Waals surface area contributed by atoms with Crippen molar-refractivity contribution in [3.05, 3.63) is 75.9 Å². The van der Waals surface area contributed by atoms with Gasteiger partial charge in [-0.05, 0) is 79.3 Å². The van der Waals surface area contributed by atoms with E-state index in [-0.39, 0.29) is 23.1 Å². The molecule has 1 atom stereocenters. The number of hydrogen-bond donors (Lipinski definition) is 0. The molecule has 3 rings (SSSR count). The zero-order valence-corrected chi connectivity index (χ0v) is 15.8. The number of aryl methyl sites for hydroxylation is 2. The first-order valence-corrected chi connectivity index (χ1v) is 9.84. The molecule has 26 heavy (non-hydrogen) atoms. The van der Waals surface area contributed by atoms with Gasteiger partial charge in [0.05, 0.1) is 0 Å². The lowest BCUT2D eigenvalue weighted by Crippen LogP contribution is -2.16. The molecule has 0 bridgehead atoms. The molecular formula is C24H28F2. The predicted octanol–water partition coefficient (Wildman–Crippen LogP) is 7.00. The third kappa shape index (κ3) is 4.23. The summed E-state index contributed by atoms with van der Waals surface area (Å²) in [6.07, 6.45) is 10.5. The van der Waals surface area contributed by atoms with Crippen LogP contribution in [-0.2, 0) is 19.3 Å². The van der Waals surface area contributed by atoms with Crippen molar-refractivity contribution in [3.8, 4) is 0 Å². The van der Waals surface area contributed by atoms with Crippen LogP contribution in [0.1, 0.15) is 73.3 Å². The molecule has 0 saturated heterocycles. The van der Waals surface area contributed by atoms with Crippen molar-refractivity contribution in [2.45, 2.75) is 64.7 Å². The summed E-state index contributed by atoms with van der Waals surface area (Å²) in [5.74, 6) is -0.800. The van der Waals surface area contributed by atoms with Gasteiger partial charge < -0.3 is 0 Å². The van der Waals surface area contributed by atoms with Gasteiger partial charge in [0.25, 0.3) is 0 Å². The van der Waals surface area contributed by atoms with Gasteiger partial charge in [0.15, 0.2) is 0 Å². The summed E-state index contributed by atoms with van der Waals surface area (Å²) in [4.78, 5) is 0. The molecule has 0 aliphatic heterocycles. The molecule has 0 nitrogen and oxygen atoms in total.